The quantitative estimate of drug-likeness (QED) is 0.714. The second kappa shape index (κ2) is 4.40. The molecule has 0 saturated heterocycles. The lowest BCUT2D eigenvalue weighted by Gasteiger charge is -1.97. The van der Waals surface area contributed by atoms with Gasteiger partial charge in [-0.2, -0.15) is 0 Å². The summed E-state index contributed by atoms with van der Waals surface area (Å²) in [6.07, 6.45) is 5.16. The van der Waals surface area contributed by atoms with Gasteiger partial charge in [0.1, 0.15) is 5.69 Å². The standard InChI is InChI=1S/C10H11NO2/c1-2-3-4-8-5-6-9(10(12)13)11-7-8/h2,5-7H,1,3-4H2,(H,12,13). The molecule has 1 N–H and O–H groups in total. The third-order valence-corrected chi connectivity index (χ3v) is 1.68. The van der Waals surface area contributed by atoms with Gasteiger partial charge in [0.15, 0.2) is 0 Å². The minimum atomic E-state index is -0.990. The molecule has 0 radical (unpaired) electrons. The van der Waals surface area contributed by atoms with Gasteiger partial charge < -0.3 is 5.11 Å². The van der Waals surface area contributed by atoms with Gasteiger partial charge in [-0.05, 0) is 24.5 Å². The van der Waals surface area contributed by atoms with Crippen LogP contribution in [0.2, 0.25) is 0 Å². The third-order valence-electron chi connectivity index (χ3n) is 1.68. The molecular weight excluding hydrogens is 166 g/mol. The fraction of sp³-hybridized carbons (Fsp3) is 0.200. The highest BCUT2D eigenvalue weighted by Gasteiger charge is 2.02. The first-order valence-electron chi connectivity index (χ1n) is 4.03. The lowest BCUT2D eigenvalue weighted by Crippen LogP contribution is -1.99. The van der Waals surface area contributed by atoms with Crippen LogP contribution in [0.3, 0.4) is 0 Å². The van der Waals surface area contributed by atoms with Crippen LogP contribution in [0.15, 0.2) is 31.0 Å². The van der Waals surface area contributed by atoms with Crippen molar-refractivity contribution in [1.29, 1.82) is 0 Å². The maximum atomic E-state index is 10.4. The van der Waals surface area contributed by atoms with Crippen LogP contribution in [-0.2, 0) is 6.42 Å². The summed E-state index contributed by atoms with van der Waals surface area (Å²) in [7, 11) is 0. The van der Waals surface area contributed by atoms with Crippen molar-refractivity contribution in [2.75, 3.05) is 0 Å². The number of hydrogen-bond donors (Lipinski definition) is 1. The summed E-state index contributed by atoms with van der Waals surface area (Å²) in [6.45, 7) is 3.61. The average Bonchev–Trinajstić information content (AvgIpc) is 2.15. The zero-order valence-electron chi connectivity index (χ0n) is 7.23. The Labute approximate surface area is 76.7 Å². The number of carboxylic acids is 1. The number of aryl methyl sites for hydroxylation is 1. The predicted molar refractivity (Wildman–Crippen MR) is 49.7 cm³/mol. The van der Waals surface area contributed by atoms with Crippen LogP contribution in [0.5, 0.6) is 0 Å². The topological polar surface area (TPSA) is 50.2 Å². The fourth-order valence-electron chi connectivity index (χ4n) is 0.968. The highest BCUT2D eigenvalue weighted by atomic mass is 16.4. The maximum absolute atomic E-state index is 10.4. The first-order chi connectivity index (χ1) is 6.24. The van der Waals surface area contributed by atoms with E-state index in [2.05, 4.69) is 11.6 Å². The molecule has 0 bridgehead atoms. The maximum Gasteiger partial charge on any atom is 0.354 e. The van der Waals surface area contributed by atoms with E-state index < -0.39 is 5.97 Å². The molecule has 3 nitrogen and oxygen atoms in total. The number of pyridine rings is 1. The number of aromatic carboxylic acids is 1. The Kier molecular flexibility index (Phi) is 3.20. The summed E-state index contributed by atoms with van der Waals surface area (Å²) >= 11 is 0. The van der Waals surface area contributed by atoms with E-state index in [-0.39, 0.29) is 5.69 Å². The molecule has 13 heavy (non-hydrogen) atoms. The van der Waals surface area contributed by atoms with Crippen LogP contribution < -0.4 is 0 Å². The molecule has 0 saturated carbocycles. The van der Waals surface area contributed by atoms with Gasteiger partial charge in [0, 0.05) is 6.20 Å². The Bertz CT molecular complexity index is 303. The van der Waals surface area contributed by atoms with Crippen LogP contribution in [0.1, 0.15) is 22.5 Å². The van der Waals surface area contributed by atoms with Gasteiger partial charge in [-0.1, -0.05) is 12.1 Å². The summed E-state index contributed by atoms with van der Waals surface area (Å²) < 4.78 is 0. The number of aromatic nitrogens is 1. The molecule has 1 aromatic heterocycles. The number of nitrogens with zero attached hydrogens (tertiary/aromatic N) is 1. The highest BCUT2D eigenvalue weighted by molar-refractivity contribution is 5.85. The van der Waals surface area contributed by atoms with Gasteiger partial charge in [-0.25, -0.2) is 9.78 Å². The summed E-state index contributed by atoms with van der Waals surface area (Å²) in [5.41, 5.74) is 1.12. The van der Waals surface area contributed by atoms with Gasteiger partial charge in [-0.3, -0.25) is 0 Å². The summed E-state index contributed by atoms with van der Waals surface area (Å²) in [4.78, 5) is 14.2. The van der Waals surface area contributed by atoms with Gasteiger partial charge in [0.25, 0.3) is 0 Å². The third kappa shape index (κ3) is 2.71. The second-order valence-corrected chi connectivity index (χ2v) is 2.68. The lowest BCUT2D eigenvalue weighted by atomic mass is 10.1. The first kappa shape index (κ1) is 9.45. The molecule has 1 aromatic rings. The zero-order valence-corrected chi connectivity index (χ0v) is 7.23. The predicted octanol–water partition coefficient (Wildman–Crippen LogP) is 1.90. The molecule has 3 heteroatoms. The fourth-order valence-corrected chi connectivity index (χ4v) is 0.968. The molecule has 0 aliphatic heterocycles. The minimum absolute atomic E-state index is 0.0855. The van der Waals surface area contributed by atoms with Crippen molar-refractivity contribution in [2.45, 2.75) is 12.8 Å². The van der Waals surface area contributed by atoms with Crippen LogP contribution in [0.4, 0.5) is 0 Å². The van der Waals surface area contributed by atoms with Crippen LogP contribution in [-0.4, -0.2) is 16.1 Å². The number of hydrogen-bond acceptors (Lipinski definition) is 2. The molecular formula is C10H11NO2. The molecule has 0 aromatic carbocycles. The van der Waals surface area contributed by atoms with Crippen molar-refractivity contribution < 1.29 is 9.90 Å². The van der Waals surface area contributed by atoms with E-state index in [4.69, 9.17) is 5.11 Å². The van der Waals surface area contributed by atoms with E-state index in [1.54, 1.807) is 12.3 Å². The van der Waals surface area contributed by atoms with Crippen molar-refractivity contribution in [3.05, 3.63) is 42.2 Å². The monoisotopic (exact) mass is 177 g/mol. The van der Waals surface area contributed by atoms with Gasteiger partial charge in [0.05, 0.1) is 0 Å². The zero-order chi connectivity index (χ0) is 9.68. The highest BCUT2D eigenvalue weighted by Crippen LogP contribution is 2.03. The van der Waals surface area contributed by atoms with Crippen molar-refractivity contribution >= 4 is 5.97 Å². The van der Waals surface area contributed by atoms with Gasteiger partial charge in [0.2, 0.25) is 0 Å². The van der Waals surface area contributed by atoms with E-state index in [1.165, 1.54) is 6.07 Å². The Balaban J connectivity index is 2.69. The first-order valence-corrected chi connectivity index (χ1v) is 4.03. The van der Waals surface area contributed by atoms with Crippen molar-refractivity contribution in [2.24, 2.45) is 0 Å². The number of allylic oxidation sites excluding steroid dienone is 1. The van der Waals surface area contributed by atoms with E-state index in [9.17, 15) is 4.79 Å². The van der Waals surface area contributed by atoms with Crippen molar-refractivity contribution in [1.82, 2.24) is 4.98 Å². The molecule has 0 atom stereocenters. The van der Waals surface area contributed by atoms with Crippen LogP contribution in [0.25, 0.3) is 0 Å². The Morgan fingerprint density at radius 1 is 1.62 bits per heavy atom. The normalized spacial score (nSPS) is 9.54. The summed E-state index contributed by atoms with van der Waals surface area (Å²) in [6, 6.07) is 3.29. The smallest absolute Gasteiger partial charge is 0.354 e. The van der Waals surface area contributed by atoms with E-state index in [0.29, 0.717) is 0 Å². The van der Waals surface area contributed by atoms with E-state index in [1.807, 2.05) is 6.08 Å². The van der Waals surface area contributed by atoms with Gasteiger partial charge in [-0.15, -0.1) is 6.58 Å². The molecule has 68 valence electrons. The van der Waals surface area contributed by atoms with Gasteiger partial charge >= 0.3 is 5.97 Å². The molecule has 0 amide bonds. The van der Waals surface area contributed by atoms with E-state index >= 15 is 0 Å². The number of rotatable bonds is 4. The number of carbonyl (C=O) groups is 1. The Morgan fingerprint density at radius 3 is 2.85 bits per heavy atom. The SMILES string of the molecule is C=CCCc1ccc(C(=O)O)nc1. The molecule has 0 unspecified atom stereocenters. The lowest BCUT2D eigenvalue weighted by molar-refractivity contribution is 0.0690. The number of carboxylic acid groups (broad SMARTS) is 1. The molecule has 0 aliphatic carbocycles. The largest absolute Gasteiger partial charge is 0.477 e. The summed E-state index contributed by atoms with van der Waals surface area (Å²) in [5, 5.41) is 8.57. The molecule has 0 fully saturated rings. The molecule has 1 rings (SSSR count). The van der Waals surface area contributed by atoms with Crippen molar-refractivity contribution in [3.8, 4) is 0 Å². The summed E-state index contributed by atoms with van der Waals surface area (Å²) in [5.74, 6) is -0.990. The Morgan fingerprint density at radius 2 is 2.38 bits per heavy atom. The minimum Gasteiger partial charge on any atom is -0.477 e. The van der Waals surface area contributed by atoms with Crippen LogP contribution >= 0.6 is 0 Å². The Hall–Kier alpha value is -1.64. The van der Waals surface area contributed by atoms with Crippen molar-refractivity contribution in [3.63, 3.8) is 0 Å². The second-order valence-electron chi connectivity index (χ2n) is 2.68. The van der Waals surface area contributed by atoms with Crippen LogP contribution in [0, 0.1) is 0 Å². The molecule has 0 aliphatic rings. The average molecular weight is 177 g/mol. The van der Waals surface area contributed by atoms with E-state index in [0.717, 1.165) is 18.4 Å². The molecule has 0 spiro atoms. The molecule has 1 heterocycles.